The van der Waals surface area contributed by atoms with E-state index in [0.717, 1.165) is 5.92 Å². The first-order valence-electron chi connectivity index (χ1n) is 7.05. The number of hydrogen-bond acceptors (Lipinski definition) is 0. The van der Waals surface area contributed by atoms with Crippen LogP contribution in [0.2, 0.25) is 0 Å². The first-order valence-corrected chi connectivity index (χ1v) is 8.47. The first kappa shape index (κ1) is 17.8. The average molecular weight is 232 g/mol. The third-order valence-corrected chi connectivity index (χ3v) is 3.60. The Morgan fingerprint density at radius 1 is 1.00 bits per heavy atom. The van der Waals surface area contributed by atoms with Gasteiger partial charge in [0.1, 0.15) is 0 Å². The van der Waals surface area contributed by atoms with Crippen molar-refractivity contribution in [2.45, 2.75) is 73.1 Å². The Morgan fingerprint density at radius 3 is 1.87 bits per heavy atom. The minimum absolute atomic E-state index is 1.12. The molecule has 1 atom stereocenters. The second kappa shape index (κ2) is 16.8. The van der Waals surface area contributed by atoms with E-state index in [1.54, 1.807) is 0 Å². The molecular formula is C14H33P. The predicted molar refractivity (Wildman–Crippen MR) is 77.6 cm³/mol. The molecule has 0 N–H and O–H groups in total. The summed E-state index contributed by atoms with van der Waals surface area (Å²) in [5.41, 5.74) is 0. The Labute approximate surface area is 100 Å². The molecule has 0 saturated heterocycles. The zero-order valence-corrected chi connectivity index (χ0v) is 12.7. The standard InChI is InChI=1S/C9H19P.C3H8.C2H6/c1-2-10-8-7-9-5-3-4-6-9;1-3-2;1-2/h9-10H,2-8H2,1H3;3H2,1-2H3;1-2H3. The lowest BCUT2D eigenvalue weighted by Crippen LogP contribution is -1.93. The zero-order valence-electron chi connectivity index (χ0n) is 11.7. The van der Waals surface area contributed by atoms with Gasteiger partial charge in [-0.3, -0.25) is 0 Å². The highest BCUT2D eigenvalue weighted by Crippen LogP contribution is 2.29. The molecule has 1 aliphatic carbocycles. The summed E-state index contributed by atoms with van der Waals surface area (Å²) in [5.74, 6) is 1.12. The molecule has 0 amide bonds. The van der Waals surface area contributed by atoms with Crippen molar-refractivity contribution >= 4 is 8.58 Å². The van der Waals surface area contributed by atoms with E-state index in [9.17, 15) is 0 Å². The van der Waals surface area contributed by atoms with E-state index < -0.39 is 0 Å². The lowest BCUT2D eigenvalue weighted by Gasteiger charge is -2.06. The maximum absolute atomic E-state index is 2.30. The van der Waals surface area contributed by atoms with Gasteiger partial charge >= 0.3 is 0 Å². The van der Waals surface area contributed by atoms with Crippen LogP contribution in [0.3, 0.4) is 0 Å². The minimum Gasteiger partial charge on any atom is -0.122 e. The molecule has 0 aromatic carbocycles. The summed E-state index contributed by atoms with van der Waals surface area (Å²) in [6, 6.07) is 0. The summed E-state index contributed by atoms with van der Waals surface area (Å²) < 4.78 is 0. The lowest BCUT2D eigenvalue weighted by molar-refractivity contribution is 0.534. The van der Waals surface area contributed by atoms with E-state index in [1.807, 2.05) is 13.8 Å². The van der Waals surface area contributed by atoms with E-state index in [0.29, 0.717) is 0 Å². The average Bonchev–Trinajstić information content (AvgIpc) is 2.75. The molecule has 0 bridgehead atoms. The summed E-state index contributed by atoms with van der Waals surface area (Å²) >= 11 is 0. The van der Waals surface area contributed by atoms with Crippen molar-refractivity contribution in [3.63, 3.8) is 0 Å². The fraction of sp³-hybridized carbons (Fsp3) is 1.00. The van der Waals surface area contributed by atoms with Gasteiger partial charge in [0.25, 0.3) is 0 Å². The molecule has 1 unspecified atom stereocenters. The summed E-state index contributed by atoms with van der Waals surface area (Å²) in [6.45, 7) is 10.5. The third kappa shape index (κ3) is 14.4. The van der Waals surface area contributed by atoms with Gasteiger partial charge in [-0.15, -0.1) is 8.58 Å². The Morgan fingerprint density at radius 2 is 1.47 bits per heavy atom. The van der Waals surface area contributed by atoms with E-state index >= 15 is 0 Å². The Bertz CT molecular complexity index is 85.3. The van der Waals surface area contributed by atoms with E-state index in [1.165, 1.54) is 59.4 Å². The molecule has 1 rings (SSSR count). The summed E-state index contributed by atoms with van der Waals surface area (Å²) in [6.07, 6.45) is 11.8. The maximum Gasteiger partial charge on any atom is -0.0351 e. The van der Waals surface area contributed by atoms with Crippen LogP contribution in [-0.4, -0.2) is 12.3 Å². The molecule has 1 saturated carbocycles. The number of rotatable bonds is 4. The normalized spacial score (nSPS) is 15.8. The van der Waals surface area contributed by atoms with Crippen LogP contribution < -0.4 is 0 Å². The molecule has 94 valence electrons. The zero-order chi connectivity index (χ0) is 11.9. The Kier molecular flexibility index (Phi) is 20.0. The van der Waals surface area contributed by atoms with Gasteiger partial charge in [-0.1, -0.05) is 66.7 Å². The second-order valence-corrected chi connectivity index (χ2v) is 5.71. The lowest BCUT2D eigenvalue weighted by atomic mass is 10.1. The van der Waals surface area contributed by atoms with Crippen LogP contribution in [0.1, 0.15) is 73.1 Å². The van der Waals surface area contributed by atoms with Crippen LogP contribution in [-0.2, 0) is 0 Å². The van der Waals surface area contributed by atoms with Crippen LogP contribution in [0.5, 0.6) is 0 Å². The molecule has 0 radical (unpaired) electrons. The largest absolute Gasteiger partial charge is 0.122 e. The van der Waals surface area contributed by atoms with Crippen LogP contribution in [0.4, 0.5) is 0 Å². The molecular weight excluding hydrogens is 199 g/mol. The second-order valence-electron chi connectivity index (χ2n) is 4.00. The van der Waals surface area contributed by atoms with Gasteiger partial charge in [0, 0.05) is 0 Å². The smallest absolute Gasteiger partial charge is 0.0351 e. The van der Waals surface area contributed by atoms with Gasteiger partial charge in [0.2, 0.25) is 0 Å². The fourth-order valence-electron chi connectivity index (χ4n) is 1.78. The van der Waals surface area contributed by atoms with Gasteiger partial charge in [-0.05, 0) is 24.7 Å². The number of hydrogen-bond donors (Lipinski definition) is 0. The van der Waals surface area contributed by atoms with Crippen LogP contribution >= 0.6 is 8.58 Å². The van der Waals surface area contributed by atoms with Gasteiger partial charge in [0.05, 0.1) is 0 Å². The monoisotopic (exact) mass is 232 g/mol. The first-order chi connectivity index (χ1) is 7.35. The quantitative estimate of drug-likeness (QED) is 0.430. The van der Waals surface area contributed by atoms with Crippen molar-refractivity contribution in [1.29, 1.82) is 0 Å². The SMILES string of the molecule is CC.CCC.CCPCCC1CCCC1. The summed E-state index contributed by atoms with van der Waals surface area (Å²) in [7, 11) is 1.24. The van der Waals surface area contributed by atoms with E-state index in [4.69, 9.17) is 0 Å². The molecule has 1 heteroatoms. The van der Waals surface area contributed by atoms with Crippen LogP contribution in [0.25, 0.3) is 0 Å². The predicted octanol–water partition coefficient (Wildman–Crippen LogP) is 5.71. The molecule has 0 aliphatic heterocycles. The van der Waals surface area contributed by atoms with Gasteiger partial charge in [0.15, 0.2) is 0 Å². The van der Waals surface area contributed by atoms with Crippen molar-refractivity contribution in [2.24, 2.45) is 5.92 Å². The molecule has 0 spiro atoms. The highest BCUT2D eigenvalue weighted by Gasteiger charge is 2.13. The Balaban J connectivity index is 0. The minimum atomic E-state index is 1.12. The highest BCUT2D eigenvalue weighted by molar-refractivity contribution is 7.37. The molecule has 0 aromatic rings. The van der Waals surface area contributed by atoms with Crippen LogP contribution in [0, 0.1) is 5.92 Å². The van der Waals surface area contributed by atoms with Crippen LogP contribution in [0.15, 0.2) is 0 Å². The molecule has 0 aromatic heterocycles. The third-order valence-electron chi connectivity index (χ3n) is 2.45. The van der Waals surface area contributed by atoms with E-state index in [-0.39, 0.29) is 0 Å². The van der Waals surface area contributed by atoms with Gasteiger partial charge in [-0.2, -0.15) is 0 Å². The molecule has 15 heavy (non-hydrogen) atoms. The molecule has 1 fully saturated rings. The van der Waals surface area contributed by atoms with Gasteiger partial charge in [-0.25, -0.2) is 0 Å². The topological polar surface area (TPSA) is 0 Å². The highest BCUT2D eigenvalue weighted by atomic mass is 31.1. The summed E-state index contributed by atoms with van der Waals surface area (Å²) in [4.78, 5) is 0. The summed E-state index contributed by atoms with van der Waals surface area (Å²) in [5, 5.41) is 0. The van der Waals surface area contributed by atoms with E-state index in [2.05, 4.69) is 20.8 Å². The fourth-order valence-corrected chi connectivity index (χ4v) is 2.75. The van der Waals surface area contributed by atoms with Crippen molar-refractivity contribution in [2.75, 3.05) is 12.3 Å². The Hall–Kier alpha value is 0.430. The van der Waals surface area contributed by atoms with Crippen molar-refractivity contribution in [3.05, 3.63) is 0 Å². The van der Waals surface area contributed by atoms with Crippen molar-refractivity contribution in [1.82, 2.24) is 0 Å². The molecule has 0 heterocycles. The molecule has 1 aliphatic rings. The van der Waals surface area contributed by atoms with Gasteiger partial charge < -0.3 is 0 Å². The van der Waals surface area contributed by atoms with Crippen molar-refractivity contribution < 1.29 is 0 Å². The molecule has 0 nitrogen and oxygen atoms in total. The van der Waals surface area contributed by atoms with Crippen molar-refractivity contribution in [3.8, 4) is 0 Å². The maximum atomic E-state index is 2.30.